The summed E-state index contributed by atoms with van der Waals surface area (Å²) >= 11 is 0. The lowest BCUT2D eigenvalue weighted by Crippen LogP contribution is -2.42. The van der Waals surface area contributed by atoms with Crippen molar-refractivity contribution in [1.82, 2.24) is 19.5 Å². The van der Waals surface area contributed by atoms with Crippen LogP contribution in [-0.2, 0) is 9.47 Å². The average Bonchev–Trinajstić information content (AvgIpc) is 3.13. The van der Waals surface area contributed by atoms with Crippen LogP contribution in [0.1, 0.15) is 12.6 Å². The van der Waals surface area contributed by atoms with Crippen molar-refractivity contribution < 1.29 is 19.7 Å². The predicted molar refractivity (Wildman–Crippen MR) is 71.3 cm³/mol. The molecule has 2 aromatic rings. The van der Waals surface area contributed by atoms with E-state index in [0.29, 0.717) is 13.0 Å². The molecule has 0 spiro atoms. The maximum Gasteiger partial charge on any atom is 0.327 e. The minimum Gasteiger partial charge on any atom is -0.393 e. The lowest BCUT2D eigenvalue weighted by atomic mass is 9.95. The Morgan fingerprint density at radius 3 is 3.00 bits per heavy atom. The lowest BCUT2D eigenvalue weighted by Gasteiger charge is -2.24. The standard InChI is InChI=1S/C12H14N4O6/c17-3-12-1-2-21-7(12)6(18)10(22-12)16-4-13-5-8(16)14-11(20)15-9(5)19/h4,6-7,10,17-18H,1-3H2,(H2,14,15,19,20)/t6-,7+,10-,12-/m1/s1. The van der Waals surface area contributed by atoms with Crippen molar-refractivity contribution in [2.75, 3.05) is 13.2 Å². The topological polar surface area (TPSA) is 142 Å². The van der Waals surface area contributed by atoms with Gasteiger partial charge in [0.25, 0.3) is 5.56 Å². The van der Waals surface area contributed by atoms with Gasteiger partial charge >= 0.3 is 5.69 Å². The molecule has 0 amide bonds. The Balaban J connectivity index is 1.83. The van der Waals surface area contributed by atoms with Gasteiger partial charge in [-0.2, -0.15) is 0 Å². The molecule has 2 fully saturated rings. The van der Waals surface area contributed by atoms with E-state index in [1.807, 2.05) is 0 Å². The zero-order chi connectivity index (χ0) is 15.5. The zero-order valence-electron chi connectivity index (χ0n) is 11.4. The van der Waals surface area contributed by atoms with Gasteiger partial charge in [0.2, 0.25) is 0 Å². The fraction of sp³-hybridized carbons (Fsp3) is 0.583. The number of aliphatic hydroxyl groups is 2. The Kier molecular flexibility index (Phi) is 2.78. The summed E-state index contributed by atoms with van der Waals surface area (Å²) < 4.78 is 12.7. The van der Waals surface area contributed by atoms with E-state index >= 15 is 0 Å². The van der Waals surface area contributed by atoms with Crippen molar-refractivity contribution in [2.24, 2.45) is 0 Å². The van der Waals surface area contributed by atoms with Crippen LogP contribution < -0.4 is 11.2 Å². The molecule has 2 aliphatic heterocycles. The van der Waals surface area contributed by atoms with Crippen LogP contribution in [0.2, 0.25) is 0 Å². The third-order valence-corrected chi connectivity index (χ3v) is 4.31. The molecule has 10 heteroatoms. The molecule has 4 N–H and O–H groups in total. The summed E-state index contributed by atoms with van der Waals surface area (Å²) in [6.45, 7) is 0.0884. The number of nitrogens with zero attached hydrogens (tertiary/aromatic N) is 2. The Bertz CT molecular complexity index is 840. The summed E-state index contributed by atoms with van der Waals surface area (Å²) in [6.07, 6.45) is -0.898. The summed E-state index contributed by atoms with van der Waals surface area (Å²) in [6, 6.07) is 0. The normalized spacial score (nSPS) is 34.4. The highest BCUT2D eigenvalue weighted by Crippen LogP contribution is 2.44. The number of nitrogens with one attached hydrogen (secondary N) is 2. The average molecular weight is 310 g/mol. The van der Waals surface area contributed by atoms with E-state index < -0.39 is 35.3 Å². The molecular weight excluding hydrogens is 296 g/mol. The van der Waals surface area contributed by atoms with E-state index in [2.05, 4.69) is 15.0 Å². The molecule has 4 atom stereocenters. The van der Waals surface area contributed by atoms with Gasteiger partial charge in [0.1, 0.15) is 23.5 Å². The number of H-pyrrole nitrogens is 2. The first kappa shape index (κ1) is 13.6. The molecule has 0 radical (unpaired) electrons. The summed E-state index contributed by atoms with van der Waals surface area (Å²) in [7, 11) is 0. The second-order valence-corrected chi connectivity index (χ2v) is 5.52. The molecule has 0 unspecified atom stereocenters. The van der Waals surface area contributed by atoms with Crippen molar-refractivity contribution in [2.45, 2.75) is 30.5 Å². The zero-order valence-corrected chi connectivity index (χ0v) is 11.4. The first-order valence-electron chi connectivity index (χ1n) is 6.83. The van der Waals surface area contributed by atoms with Crippen LogP contribution in [-0.4, -0.2) is 60.8 Å². The van der Waals surface area contributed by atoms with Crippen molar-refractivity contribution >= 4 is 11.2 Å². The maximum atomic E-state index is 11.7. The third kappa shape index (κ3) is 1.66. The molecular formula is C12H14N4O6. The van der Waals surface area contributed by atoms with Crippen molar-refractivity contribution in [1.29, 1.82) is 0 Å². The minimum atomic E-state index is -1.06. The number of aromatic amines is 2. The minimum absolute atomic E-state index is 0.0337. The molecule has 0 bridgehead atoms. The Morgan fingerprint density at radius 1 is 1.45 bits per heavy atom. The van der Waals surface area contributed by atoms with E-state index in [1.165, 1.54) is 10.9 Å². The van der Waals surface area contributed by atoms with Gasteiger partial charge in [0.15, 0.2) is 11.7 Å². The molecule has 0 aliphatic carbocycles. The summed E-state index contributed by atoms with van der Waals surface area (Å²) in [4.78, 5) is 31.6. The number of hydrogen-bond acceptors (Lipinski definition) is 7. The van der Waals surface area contributed by atoms with Gasteiger partial charge in [-0.1, -0.05) is 0 Å². The fourth-order valence-electron chi connectivity index (χ4n) is 3.22. The van der Waals surface area contributed by atoms with Crippen LogP contribution in [0.3, 0.4) is 0 Å². The largest absolute Gasteiger partial charge is 0.393 e. The highest BCUT2D eigenvalue weighted by atomic mass is 16.6. The van der Waals surface area contributed by atoms with Crippen LogP contribution in [0.5, 0.6) is 0 Å². The van der Waals surface area contributed by atoms with Crippen LogP contribution in [0, 0.1) is 0 Å². The molecule has 118 valence electrons. The molecule has 2 saturated heterocycles. The van der Waals surface area contributed by atoms with Gasteiger partial charge in [-0.15, -0.1) is 0 Å². The van der Waals surface area contributed by atoms with E-state index in [1.54, 1.807) is 0 Å². The molecule has 10 nitrogen and oxygen atoms in total. The Labute approximate surface area is 122 Å². The molecule has 22 heavy (non-hydrogen) atoms. The molecule has 0 saturated carbocycles. The van der Waals surface area contributed by atoms with E-state index in [-0.39, 0.29) is 17.8 Å². The highest BCUT2D eigenvalue weighted by molar-refractivity contribution is 5.68. The number of hydrogen-bond donors (Lipinski definition) is 4. The van der Waals surface area contributed by atoms with E-state index in [9.17, 15) is 19.8 Å². The number of fused-ring (bicyclic) bond motifs is 2. The second kappa shape index (κ2) is 4.49. The molecule has 4 rings (SSSR count). The van der Waals surface area contributed by atoms with Crippen LogP contribution >= 0.6 is 0 Å². The van der Waals surface area contributed by atoms with Gasteiger partial charge in [0, 0.05) is 6.42 Å². The number of rotatable bonds is 2. The molecule has 2 aliphatic rings. The first-order chi connectivity index (χ1) is 10.6. The van der Waals surface area contributed by atoms with Gasteiger partial charge in [0.05, 0.1) is 19.5 Å². The van der Waals surface area contributed by atoms with Crippen molar-refractivity contribution in [3.8, 4) is 0 Å². The van der Waals surface area contributed by atoms with Crippen LogP contribution in [0.4, 0.5) is 0 Å². The number of aliphatic hydroxyl groups excluding tert-OH is 2. The fourth-order valence-corrected chi connectivity index (χ4v) is 3.22. The highest BCUT2D eigenvalue weighted by Gasteiger charge is 2.59. The van der Waals surface area contributed by atoms with Crippen molar-refractivity contribution in [3.63, 3.8) is 0 Å². The van der Waals surface area contributed by atoms with Gasteiger partial charge in [-0.25, -0.2) is 9.78 Å². The van der Waals surface area contributed by atoms with E-state index in [4.69, 9.17) is 9.47 Å². The number of aromatic nitrogens is 4. The monoisotopic (exact) mass is 310 g/mol. The van der Waals surface area contributed by atoms with Gasteiger partial charge < -0.3 is 19.7 Å². The van der Waals surface area contributed by atoms with Crippen molar-refractivity contribution in [3.05, 3.63) is 27.2 Å². The lowest BCUT2D eigenvalue weighted by molar-refractivity contribution is -0.108. The smallest absolute Gasteiger partial charge is 0.327 e. The molecule has 2 aromatic heterocycles. The first-order valence-corrected chi connectivity index (χ1v) is 6.83. The number of imidazole rings is 1. The summed E-state index contributed by atoms with van der Waals surface area (Å²) in [5.41, 5.74) is -2.11. The van der Waals surface area contributed by atoms with Gasteiger partial charge in [-0.05, 0) is 0 Å². The van der Waals surface area contributed by atoms with Crippen LogP contribution in [0.15, 0.2) is 15.9 Å². The summed E-state index contributed by atoms with van der Waals surface area (Å²) in [5.74, 6) is 0. The third-order valence-electron chi connectivity index (χ3n) is 4.31. The Hall–Kier alpha value is -2.01. The number of ether oxygens (including phenoxy) is 2. The molecule has 4 heterocycles. The Morgan fingerprint density at radius 2 is 2.27 bits per heavy atom. The van der Waals surface area contributed by atoms with E-state index in [0.717, 1.165) is 0 Å². The summed E-state index contributed by atoms with van der Waals surface area (Å²) in [5, 5.41) is 20.0. The van der Waals surface area contributed by atoms with Crippen LogP contribution in [0.25, 0.3) is 11.2 Å². The maximum absolute atomic E-state index is 11.7. The SMILES string of the molecule is O=c1[nH]c(=O)c2ncn([C@@H]3O[C@@]4(CO)CCO[C@H]4[C@H]3O)c2[nH]1. The van der Waals surface area contributed by atoms with Gasteiger partial charge in [-0.3, -0.25) is 19.3 Å². The quantitative estimate of drug-likeness (QED) is 0.494. The predicted octanol–water partition coefficient (Wildman–Crippen LogP) is -2.18. The molecule has 0 aromatic carbocycles. The second-order valence-electron chi connectivity index (χ2n) is 5.52.